The van der Waals surface area contributed by atoms with Gasteiger partial charge in [0.05, 0.1) is 12.6 Å². The molecule has 0 aromatic rings. The van der Waals surface area contributed by atoms with E-state index < -0.39 is 0 Å². The molecule has 1 unspecified atom stereocenters. The molecule has 4 heteroatoms. The minimum atomic E-state index is 0.191. The molecule has 21 heavy (non-hydrogen) atoms. The molecule has 2 saturated carbocycles. The van der Waals surface area contributed by atoms with Crippen LogP contribution in [0.3, 0.4) is 0 Å². The quantitative estimate of drug-likeness (QED) is 0.783. The molecular formula is C17H30N2O2. The third kappa shape index (κ3) is 4.96. The first-order valence-corrected chi connectivity index (χ1v) is 8.93. The van der Waals surface area contributed by atoms with Crippen molar-refractivity contribution in [3.63, 3.8) is 0 Å². The highest BCUT2D eigenvalue weighted by Crippen LogP contribution is 2.32. The molecule has 1 aliphatic heterocycles. The maximum Gasteiger partial charge on any atom is 0.234 e. The number of amides is 1. The summed E-state index contributed by atoms with van der Waals surface area (Å²) < 4.78 is 5.57. The van der Waals surface area contributed by atoms with Gasteiger partial charge in [0.25, 0.3) is 0 Å². The maximum absolute atomic E-state index is 12.2. The van der Waals surface area contributed by atoms with E-state index in [9.17, 15) is 4.79 Å². The van der Waals surface area contributed by atoms with Crippen LogP contribution in [-0.4, -0.2) is 49.2 Å². The van der Waals surface area contributed by atoms with Gasteiger partial charge in [-0.05, 0) is 44.4 Å². The van der Waals surface area contributed by atoms with Crippen LogP contribution < -0.4 is 5.32 Å². The lowest BCUT2D eigenvalue weighted by atomic mass is 9.94. The summed E-state index contributed by atoms with van der Waals surface area (Å²) in [5.74, 6) is 1.05. The molecule has 0 bridgehead atoms. The van der Waals surface area contributed by atoms with Crippen molar-refractivity contribution in [1.82, 2.24) is 10.2 Å². The van der Waals surface area contributed by atoms with E-state index >= 15 is 0 Å². The van der Waals surface area contributed by atoms with E-state index in [1.54, 1.807) is 0 Å². The smallest absolute Gasteiger partial charge is 0.234 e. The van der Waals surface area contributed by atoms with Crippen molar-refractivity contribution in [3.05, 3.63) is 0 Å². The Hall–Kier alpha value is -0.610. The highest BCUT2D eigenvalue weighted by atomic mass is 16.5. The molecular weight excluding hydrogens is 264 g/mol. The van der Waals surface area contributed by atoms with Gasteiger partial charge in [0.2, 0.25) is 5.91 Å². The van der Waals surface area contributed by atoms with Crippen molar-refractivity contribution < 1.29 is 9.53 Å². The van der Waals surface area contributed by atoms with Crippen molar-refractivity contribution in [2.75, 3.05) is 26.2 Å². The molecule has 3 rings (SSSR count). The predicted octanol–water partition coefficient (Wildman–Crippen LogP) is 2.33. The first kappa shape index (κ1) is 15.3. The zero-order valence-electron chi connectivity index (χ0n) is 13.2. The number of nitrogens with zero attached hydrogens (tertiary/aromatic N) is 1. The van der Waals surface area contributed by atoms with Crippen LogP contribution in [0.2, 0.25) is 0 Å². The lowest BCUT2D eigenvalue weighted by Gasteiger charge is -2.34. The topological polar surface area (TPSA) is 41.6 Å². The summed E-state index contributed by atoms with van der Waals surface area (Å²) in [4.78, 5) is 14.7. The summed E-state index contributed by atoms with van der Waals surface area (Å²) in [6.07, 6.45) is 11.8. The predicted molar refractivity (Wildman–Crippen MR) is 83.2 cm³/mol. The lowest BCUT2D eigenvalue weighted by Crippen LogP contribution is -2.46. The van der Waals surface area contributed by atoms with E-state index in [0.29, 0.717) is 19.1 Å². The van der Waals surface area contributed by atoms with E-state index in [-0.39, 0.29) is 12.0 Å². The number of rotatable bonds is 7. The van der Waals surface area contributed by atoms with E-state index in [1.807, 2.05) is 0 Å². The van der Waals surface area contributed by atoms with Crippen molar-refractivity contribution in [2.45, 2.75) is 69.9 Å². The van der Waals surface area contributed by atoms with E-state index in [1.165, 1.54) is 44.9 Å². The number of carbonyl (C=O) groups is 1. The van der Waals surface area contributed by atoms with Gasteiger partial charge in [-0.3, -0.25) is 9.69 Å². The molecule has 1 amide bonds. The lowest BCUT2D eigenvalue weighted by molar-refractivity contribution is -0.123. The minimum absolute atomic E-state index is 0.191. The molecule has 1 heterocycles. The Morgan fingerprint density at radius 3 is 2.52 bits per heavy atom. The molecule has 1 atom stereocenters. The fraction of sp³-hybridized carbons (Fsp3) is 0.941. The fourth-order valence-electron chi connectivity index (χ4n) is 3.69. The van der Waals surface area contributed by atoms with Gasteiger partial charge in [0.15, 0.2) is 0 Å². The zero-order chi connectivity index (χ0) is 14.5. The van der Waals surface area contributed by atoms with Crippen molar-refractivity contribution in [3.8, 4) is 0 Å². The molecule has 0 spiro atoms. The molecule has 3 aliphatic rings. The number of carbonyl (C=O) groups excluding carboxylic acids is 1. The Labute approximate surface area is 128 Å². The Balaban J connectivity index is 1.44. The van der Waals surface area contributed by atoms with Crippen molar-refractivity contribution >= 4 is 5.91 Å². The molecule has 4 nitrogen and oxygen atoms in total. The molecule has 0 radical (unpaired) electrons. The molecule has 1 saturated heterocycles. The van der Waals surface area contributed by atoms with Gasteiger partial charge in [0, 0.05) is 25.7 Å². The Morgan fingerprint density at radius 1 is 1.05 bits per heavy atom. The third-order valence-corrected chi connectivity index (χ3v) is 5.18. The molecule has 0 aromatic carbocycles. The average Bonchev–Trinajstić information content (AvgIpc) is 3.17. The first-order valence-electron chi connectivity index (χ1n) is 8.93. The number of hydrogen-bond donors (Lipinski definition) is 1. The van der Waals surface area contributed by atoms with Crippen LogP contribution in [0, 0.1) is 5.92 Å². The monoisotopic (exact) mass is 294 g/mol. The summed E-state index contributed by atoms with van der Waals surface area (Å²) in [5, 5.41) is 3.08. The standard InChI is InChI=1S/C17H30N2O2/c20-17(18-11-16-7-4-10-21-16)13-19(12-14-8-9-14)15-5-2-1-3-6-15/h14-16H,1-13H2,(H,18,20). The molecule has 0 aromatic heterocycles. The second kappa shape index (κ2) is 7.59. The second-order valence-corrected chi connectivity index (χ2v) is 7.10. The summed E-state index contributed by atoms with van der Waals surface area (Å²) >= 11 is 0. The number of ether oxygens (including phenoxy) is 1. The van der Waals surface area contributed by atoms with Crippen LogP contribution in [0.15, 0.2) is 0 Å². The summed E-state index contributed by atoms with van der Waals surface area (Å²) in [7, 11) is 0. The van der Waals surface area contributed by atoms with Gasteiger partial charge < -0.3 is 10.1 Å². The van der Waals surface area contributed by atoms with E-state index in [2.05, 4.69) is 10.2 Å². The number of hydrogen-bond acceptors (Lipinski definition) is 3. The van der Waals surface area contributed by atoms with Crippen LogP contribution >= 0.6 is 0 Å². The van der Waals surface area contributed by atoms with Gasteiger partial charge in [-0.15, -0.1) is 0 Å². The van der Waals surface area contributed by atoms with Gasteiger partial charge in [0.1, 0.15) is 0 Å². The van der Waals surface area contributed by atoms with Gasteiger partial charge >= 0.3 is 0 Å². The normalized spacial score (nSPS) is 27.2. The second-order valence-electron chi connectivity index (χ2n) is 7.10. The van der Waals surface area contributed by atoms with Gasteiger partial charge in [-0.25, -0.2) is 0 Å². The highest BCUT2D eigenvalue weighted by Gasteiger charge is 2.30. The van der Waals surface area contributed by atoms with Crippen LogP contribution in [0.25, 0.3) is 0 Å². The SMILES string of the molecule is O=C(CN(CC1CC1)C1CCCCC1)NCC1CCCO1. The van der Waals surface area contributed by atoms with E-state index in [4.69, 9.17) is 4.74 Å². The maximum atomic E-state index is 12.2. The first-order chi connectivity index (χ1) is 10.3. The average molecular weight is 294 g/mol. The Kier molecular flexibility index (Phi) is 5.53. The Bertz CT molecular complexity index is 332. The fourth-order valence-corrected chi connectivity index (χ4v) is 3.69. The van der Waals surface area contributed by atoms with Crippen LogP contribution in [0.1, 0.15) is 57.8 Å². The zero-order valence-corrected chi connectivity index (χ0v) is 13.2. The molecule has 2 aliphatic carbocycles. The van der Waals surface area contributed by atoms with E-state index in [0.717, 1.165) is 31.9 Å². The molecule has 120 valence electrons. The van der Waals surface area contributed by atoms with Crippen LogP contribution in [0.5, 0.6) is 0 Å². The number of nitrogens with one attached hydrogen (secondary N) is 1. The summed E-state index contributed by atoms with van der Waals surface area (Å²) in [5.41, 5.74) is 0. The minimum Gasteiger partial charge on any atom is -0.376 e. The van der Waals surface area contributed by atoms with Crippen molar-refractivity contribution in [1.29, 1.82) is 0 Å². The summed E-state index contributed by atoms with van der Waals surface area (Å²) in [6.45, 7) is 3.28. The highest BCUT2D eigenvalue weighted by molar-refractivity contribution is 5.78. The molecule has 1 N–H and O–H groups in total. The van der Waals surface area contributed by atoms with Gasteiger partial charge in [-0.2, -0.15) is 0 Å². The van der Waals surface area contributed by atoms with Crippen molar-refractivity contribution in [2.24, 2.45) is 5.92 Å². The largest absolute Gasteiger partial charge is 0.376 e. The van der Waals surface area contributed by atoms with Gasteiger partial charge in [-0.1, -0.05) is 19.3 Å². The Morgan fingerprint density at radius 2 is 1.86 bits per heavy atom. The summed E-state index contributed by atoms with van der Waals surface area (Å²) in [6, 6.07) is 0.646. The van der Waals surface area contributed by atoms with Crippen LogP contribution in [0.4, 0.5) is 0 Å². The molecule has 3 fully saturated rings. The van der Waals surface area contributed by atoms with Crippen LogP contribution in [-0.2, 0) is 9.53 Å². The third-order valence-electron chi connectivity index (χ3n) is 5.18.